The van der Waals surface area contributed by atoms with Crippen LogP contribution in [0.4, 0.5) is 0 Å². The van der Waals surface area contributed by atoms with Gasteiger partial charge >= 0.3 is 0 Å². The van der Waals surface area contributed by atoms with Gasteiger partial charge in [0, 0.05) is 10.5 Å². The van der Waals surface area contributed by atoms with E-state index >= 15 is 0 Å². The summed E-state index contributed by atoms with van der Waals surface area (Å²) in [6, 6.07) is 14.8. The Balaban J connectivity index is 2.13. The molecule has 19 heavy (non-hydrogen) atoms. The predicted octanol–water partition coefficient (Wildman–Crippen LogP) is 3.29. The van der Waals surface area contributed by atoms with Crippen molar-refractivity contribution in [3.8, 4) is 0 Å². The minimum Gasteiger partial charge on any atom is -0.293 e. The second-order valence-electron chi connectivity index (χ2n) is 4.54. The van der Waals surface area contributed by atoms with E-state index in [2.05, 4.69) is 0 Å². The van der Waals surface area contributed by atoms with Crippen LogP contribution in [0.5, 0.6) is 0 Å². The van der Waals surface area contributed by atoms with Crippen LogP contribution in [0.25, 0.3) is 0 Å². The molecule has 0 heterocycles. The molecule has 0 radical (unpaired) electrons. The molecule has 1 unspecified atom stereocenters. The summed E-state index contributed by atoms with van der Waals surface area (Å²) in [6.45, 7) is 3.87. The van der Waals surface area contributed by atoms with Gasteiger partial charge in [0.15, 0.2) is 5.78 Å². The Kier molecular flexibility index (Phi) is 4.27. The minimum absolute atomic E-state index is 0.0356. The van der Waals surface area contributed by atoms with Gasteiger partial charge in [-0.15, -0.1) is 0 Å². The zero-order valence-electron chi connectivity index (χ0n) is 11.1. The fraction of sp³-hybridized carbons (Fsp3) is 0.188. The number of Topliss-reactive ketones (excluding diaryl/α,β-unsaturated/α-hetero) is 1. The quantitative estimate of drug-likeness (QED) is 0.800. The standard InChI is InChI=1S/C16H16O2S/c1-12-7-9-14(10-8-12)19(18)11-16(17)15-6-4-3-5-13(15)2/h3-10H,11H2,1-2H3. The fourth-order valence-electron chi connectivity index (χ4n) is 1.86. The Morgan fingerprint density at radius 2 is 1.63 bits per heavy atom. The van der Waals surface area contributed by atoms with Gasteiger partial charge in [-0.2, -0.15) is 0 Å². The summed E-state index contributed by atoms with van der Waals surface area (Å²) in [6.07, 6.45) is 0. The van der Waals surface area contributed by atoms with Gasteiger partial charge in [0.1, 0.15) is 0 Å². The van der Waals surface area contributed by atoms with Crippen molar-refractivity contribution in [2.24, 2.45) is 0 Å². The molecule has 2 rings (SSSR count). The van der Waals surface area contributed by atoms with E-state index in [-0.39, 0.29) is 11.5 Å². The first-order valence-corrected chi connectivity index (χ1v) is 7.43. The number of ketones is 1. The summed E-state index contributed by atoms with van der Waals surface area (Å²) in [7, 11) is -1.28. The van der Waals surface area contributed by atoms with Crippen LogP contribution in [0, 0.1) is 13.8 Å². The number of hydrogen-bond donors (Lipinski definition) is 0. The Bertz CT molecular complexity index is 615. The summed E-state index contributed by atoms with van der Waals surface area (Å²) < 4.78 is 12.1. The van der Waals surface area contributed by atoms with E-state index in [0.717, 1.165) is 11.1 Å². The van der Waals surface area contributed by atoms with Crippen LogP contribution < -0.4 is 0 Å². The maximum atomic E-state index is 12.1. The molecule has 0 N–H and O–H groups in total. The first-order valence-electron chi connectivity index (χ1n) is 6.12. The molecule has 2 aromatic rings. The highest BCUT2D eigenvalue weighted by Gasteiger charge is 2.13. The largest absolute Gasteiger partial charge is 0.293 e. The fourth-order valence-corrected chi connectivity index (χ4v) is 2.86. The first-order chi connectivity index (χ1) is 9.08. The van der Waals surface area contributed by atoms with E-state index in [1.165, 1.54) is 0 Å². The predicted molar refractivity (Wildman–Crippen MR) is 78.0 cm³/mol. The van der Waals surface area contributed by atoms with E-state index < -0.39 is 10.8 Å². The molecule has 0 fully saturated rings. The summed E-state index contributed by atoms with van der Waals surface area (Å²) in [5.74, 6) is -0.0366. The highest BCUT2D eigenvalue weighted by Crippen LogP contribution is 2.12. The van der Waals surface area contributed by atoms with Crippen molar-refractivity contribution in [3.63, 3.8) is 0 Å². The Morgan fingerprint density at radius 1 is 1.00 bits per heavy atom. The van der Waals surface area contributed by atoms with Crippen molar-refractivity contribution in [2.45, 2.75) is 18.7 Å². The zero-order valence-corrected chi connectivity index (χ0v) is 11.9. The second-order valence-corrected chi connectivity index (χ2v) is 5.99. The molecule has 0 aromatic heterocycles. The average molecular weight is 272 g/mol. The van der Waals surface area contributed by atoms with E-state index in [1.54, 1.807) is 6.07 Å². The molecular weight excluding hydrogens is 256 g/mol. The van der Waals surface area contributed by atoms with Gasteiger partial charge in [-0.05, 0) is 31.5 Å². The van der Waals surface area contributed by atoms with Gasteiger partial charge < -0.3 is 0 Å². The van der Waals surface area contributed by atoms with Gasteiger partial charge in [-0.25, -0.2) is 0 Å². The Morgan fingerprint density at radius 3 is 2.26 bits per heavy atom. The number of rotatable bonds is 4. The third-order valence-electron chi connectivity index (χ3n) is 2.99. The molecule has 0 saturated heterocycles. The van der Waals surface area contributed by atoms with E-state index in [1.807, 2.05) is 56.3 Å². The summed E-state index contributed by atoms with van der Waals surface area (Å²) in [5.41, 5.74) is 2.70. The molecule has 0 saturated carbocycles. The molecule has 0 bridgehead atoms. The van der Waals surface area contributed by atoms with Gasteiger partial charge in [0.2, 0.25) is 0 Å². The van der Waals surface area contributed by atoms with Gasteiger partial charge in [0.25, 0.3) is 0 Å². The number of benzene rings is 2. The van der Waals surface area contributed by atoms with Crippen molar-refractivity contribution in [3.05, 3.63) is 65.2 Å². The number of carbonyl (C=O) groups excluding carboxylic acids is 1. The van der Waals surface area contributed by atoms with Crippen LogP contribution in [0.15, 0.2) is 53.4 Å². The van der Waals surface area contributed by atoms with Crippen molar-refractivity contribution >= 4 is 16.6 Å². The molecule has 0 amide bonds. The molecule has 0 aliphatic heterocycles. The third kappa shape index (κ3) is 3.38. The maximum Gasteiger partial charge on any atom is 0.175 e. The molecule has 2 nitrogen and oxygen atoms in total. The zero-order chi connectivity index (χ0) is 13.8. The molecule has 0 aliphatic carbocycles. The van der Waals surface area contributed by atoms with E-state index in [9.17, 15) is 9.00 Å². The summed E-state index contributed by atoms with van der Waals surface area (Å²) in [5, 5.41) is 0. The lowest BCUT2D eigenvalue weighted by molar-refractivity contribution is 0.102. The van der Waals surface area contributed by atoms with Gasteiger partial charge in [-0.3, -0.25) is 9.00 Å². The van der Waals surface area contributed by atoms with Crippen molar-refractivity contribution in [1.29, 1.82) is 0 Å². The number of aryl methyl sites for hydroxylation is 2. The van der Waals surface area contributed by atoms with Gasteiger partial charge in [-0.1, -0.05) is 42.0 Å². The maximum absolute atomic E-state index is 12.1. The highest BCUT2D eigenvalue weighted by atomic mass is 32.2. The highest BCUT2D eigenvalue weighted by molar-refractivity contribution is 7.85. The molecular formula is C16H16O2S. The monoisotopic (exact) mass is 272 g/mol. The second kappa shape index (κ2) is 5.93. The summed E-state index contributed by atoms with van der Waals surface area (Å²) in [4.78, 5) is 12.8. The van der Waals surface area contributed by atoms with Gasteiger partial charge in [0.05, 0.1) is 16.6 Å². The lowest BCUT2D eigenvalue weighted by atomic mass is 10.1. The minimum atomic E-state index is -1.28. The van der Waals surface area contributed by atoms with Crippen LogP contribution in [-0.2, 0) is 10.8 Å². The SMILES string of the molecule is Cc1ccc(S(=O)CC(=O)c2ccccc2C)cc1. The molecule has 0 spiro atoms. The van der Waals surface area contributed by atoms with Crippen LogP contribution in [0.3, 0.4) is 0 Å². The van der Waals surface area contributed by atoms with Crippen LogP contribution >= 0.6 is 0 Å². The Hall–Kier alpha value is -1.74. The summed E-state index contributed by atoms with van der Waals surface area (Å²) >= 11 is 0. The Labute approximate surface area is 115 Å². The van der Waals surface area contributed by atoms with Crippen molar-refractivity contribution < 1.29 is 9.00 Å². The number of hydrogen-bond acceptors (Lipinski definition) is 2. The first kappa shape index (κ1) is 13.7. The average Bonchev–Trinajstić information content (AvgIpc) is 2.39. The van der Waals surface area contributed by atoms with E-state index in [0.29, 0.717) is 10.5 Å². The smallest absolute Gasteiger partial charge is 0.175 e. The van der Waals surface area contributed by atoms with Crippen LogP contribution in [0.1, 0.15) is 21.5 Å². The van der Waals surface area contributed by atoms with E-state index in [4.69, 9.17) is 0 Å². The molecule has 1 atom stereocenters. The van der Waals surface area contributed by atoms with Crippen molar-refractivity contribution in [2.75, 3.05) is 5.75 Å². The molecule has 0 aliphatic rings. The molecule has 2 aromatic carbocycles. The molecule has 3 heteroatoms. The normalized spacial score (nSPS) is 12.1. The number of carbonyl (C=O) groups is 1. The lowest BCUT2D eigenvalue weighted by Crippen LogP contribution is -2.12. The molecule has 98 valence electrons. The topological polar surface area (TPSA) is 34.1 Å². The third-order valence-corrected chi connectivity index (χ3v) is 4.31. The van der Waals surface area contributed by atoms with Crippen molar-refractivity contribution in [1.82, 2.24) is 0 Å². The van der Waals surface area contributed by atoms with Crippen LogP contribution in [-0.4, -0.2) is 15.7 Å². The lowest BCUT2D eigenvalue weighted by Gasteiger charge is -2.05. The van der Waals surface area contributed by atoms with Crippen LogP contribution in [0.2, 0.25) is 0 Å².